The minimum Gasteiger partial charge on any atom is -0.496 e. The van der Waals surface area contributed by atoms with E-state index in [4.69, 9.17) is 26.3 Å². The summed E-state index contributed by atoms with van der Waals surface area (Å²) in [6.07, 6.45) is 5.51. The highest BCUT2D eigenvalue weighted by atomic mass is 35.5. The fourth-order valence-electron chi connectivity index (χ4n) is 4.19. The molecule has 0 amide bonds. The molecule has 0 aliphatic rings. The first-order chi connectivity index (χ1) is 17.2. The highest BCUT2D eigenvalue weighted by Gasteiger charge is 2.22. The van der Waals surface area contributed by atoms with E-state index in [1.165, 1.54) is 5.56 Å². The summed E-state index contributed by atoms with van der Waals surface area (Å²) in [6.45, 7) is 2.90. The molecule has 0 unspecified atom stereocenters. The van der Waals surface area contributed by atoms with Crippen molar-refractivity contribution >= 4 is 39.0 Å². The maximum Gasteiger partial charge on any atom is 0.162 e. The average Bonchev–Trinajstić information content (AvgIpc) is 3.23. The molecule has 0 atom stereocenters. The molecule has 0 radical (unpaired) electrons. The monoisotopic (exact) mass is 500 g/mol. The Labute approximate surface area is 213 Å². The van der Waals surface area contributed by atoms with Crippen molar-refractivity contribution in [2.75, 3.05) is 19.0 Å². The zero-order valence-electron chi connectivity index (χ0n) is 19.6. The Morgan fingerprint density at radius 3 is 2.51 bits per heavy atom. The lowest BCUT2D eigenvalue weighted by Gasteiger charge is -2.12. The first-order valence-electron chi connectivity index (χ1n) is 11.5. The molecule has 1 N–H and O–H groups in total. The highest BCUT2D eigenvalue weighted by molar-refractivity contribution is 7.20. The Kier molecular flexibility index (Phi) is 6.93. The Bertz CT molecular complexity index is 1450. The van der Waals surface area contributed by atoms with Crippen LogP contribution in [0.3, 0.4) is 0 Å². The van der Waals surface area contributed by atoms with Gasteiger partial charge in [0, 0.05) is 40.5 Å². The second-order valence-electron chi connectivity index (χ2n) is 8.18. The van der Waals surface area contributed by atoms with Gasteiger partial charge in [-0.05, 0) is 49.6 Å². The number of nitrogens with zero attached hydrogens (tertiary/aromatic N) is 3. The number of nitrogens with one attached hydrogen (secondary N) is 1. The van der Waals surface area contributed by atoms with E-state index in [-0.39, 0.29) is 0 Å². The summed E-state index contributed by atoms with van der Waals surface area (Å²) in [4.78, 5) is 15.2. The van der Waals surface area contributed by atoms with Gasteiger partial charge in [0.1, 0.15) is 11.6 Å². The molecular weight excluding hydrogens is 476 g/mol. The Hall–Kier alpha value is -3.48. The average molecular weight is 501 g/mol. The molecule has 3 aromatic heterocycles. The van der Waals surface area contributed by atoms with Gasteiger partial charge in [0.05, 0.1) is 22.3 Å². The molecule has 0 spiro atoms. The number of aromatic nitrogens is 3. The summed E-state index contributed by atoms with van der Waals surface area (Å²) >= 11 is 8.36. The van der Waals surface area contributed by atoms with Crippen LogP contribution in [-0.2, 0) is 6.42 Å². The fourth-order valence-corrected chi connectivity index (χ4v) is 5.52. The van der Waals surface area contributed by atoms with Crippen molar-refractivity contribution in [3.05, 3.63) is 88.5 Å². The number of anilines is 1. The Balaban J connectivity index is 1.58. The van der Waals surface area contributed by atoms with Gasteiger partial charge in [-0.15, -0.1) is 11.3 Å². The van der Waals surface area contributed by atoms with Gasteiger partial charge in [0.25, 0.3) is 0 Å². The van der Waals surface area contributed by atoms with Gasteiger partial charge in [-0.2, -0.15) is 0 Å². The van der Waals surface area contributed by atoms with Crippen molar-refractivity contribution < 1.29 is 4.74 Å². The molecule has 176 valence electrons. The van der Waals surface area contributed by atoms with Gasteiger partial charge in [0.2, 0.25) is 0 Å². The van der Waals surface area contributed by atoms with Crippen LogP contribution in [0, 0.1) is 6.92 Å². The number of hydrogen-bond donors (Lipinski definition) is 1. The highest BCUT2D eigenvalue weighted by Crippen LogP contribution is 2.46. The molecule has 2 aromatic carbocycles. The summed E-state index contributed by atoms with van der Waals surface area (Å²) in [5.41, 5.74) is 4.95. The summed E-state index contributed by atoms with van der Waals surface area (Å²) < 4.78 is 6.68. The lowest BCUT2D eigenvalue weighted by Crippen LogP contribution is -2.06. The van der Waals surface area contributed by atoms with Crippen molar-refractivity contribution in [2.24, 2.45) is 0 Å². The zero-order chi connectivity index (χ0) is 24.2. The molecule has 0 aliphatic carbocycles. The molecule has 5 aromatic rings. The molecule has 3 heterocycles. The maximum absolute atomic E-state index is 6.69. The van der Waals surface area contributed by atoms with Crippen LogP contribution >= 0.6 is 22.9 Å². The van der Waals surface area contributed by atoms with Gasteiger partial charge in [-0.1, -0.05) is 48.0 Å². The minimum atomic E-state index is 0.633. The number of halogens is 1. The van der Waals surface area contributed by atoms with Gasteiger partial charge < -0.3 is 10.1 Å². The third-order valence-electron chi connectivity index (χ3n) is 5.87. The molecule has 0 aliphatic heterocycles. The quantitative estimate of drug-likeness (QED) is 0.224. The number of pyridine rings is 1. The van der Waals surface area contributed by atoms with Crippen LogP contribution in [0.4, 0.5) is 5.82 Å². The fraction of sp³-hybridized carbons (Fsp3) is 0.179. The number of methoxy groups -OCH3 is 1. The predicted octanol–water partition coefficient (Wildman–Crippen LogP) is 7.44. The normalized spacial score (nSPS) is 11.1. The Morgan fingerprint density at radius 1 is 0.943 bits per heavy atom. The van der Waals surface area contributed by atoms with E-state index in [1.807, 2.05) is 36.4 Å². The van der Waals surface area contributed by atoms with Crippen molar-refractivity contribution in [3.63, 3.8) is 0 Å². The van der Waals surface area contributed by atoms with E-state index in [0.29, 0.717) is 10.8 Å². The maximum atomic E-state index is 6.69. The second kappa shape index (κ2) is 10.4. The van der Waals surface area contributed by atoms with Gasteiger partial charge in [0.15, 0.2) is 5.82 Å². The number of hydrogen-bond acceptors (Lipinski definition) is 6. The van der Waals surface area contributed by atoms with Gasteiger partial charge in [-0.25, -0.2) is 9.97 Å². The largest absolute Gasteiger partial charge is 0.496 e. The van der Waals surface area contributed by atoms with Crippen LogP contribution in [0.5, 0.6) is 5.75 Å². The molecule has 0 fully saturated rings. The van der Waals surface area contributed by atoms with E-state index >= 15 is 0 Å². The molecule has 5 nitrogen and oxygen atoms in total. The third-order valence-corrected chi connectivity index (χ3v) is 7.29. The zero-order valence-corrected chi connectivity index (χ0v) is 21.2. The predicted molar refractivity (Wildman–Crippen MR) is 146 cm³/mol. The molecule has 5 rings (SSSR count). The van der Waals surface area contributed by atoms with Gasteiger partial charge in [-0.3, -0.25) is 4.98 Å². The van der Waals surface area contributed by atoms with E-state index < -0.39 is 0 Å². The molecule has 0 bridgehead atoms. The lowest BCUT2D eigenvalue weighted by molar-refractivity contribution is 0.416. The van der Waals surface area contributed by atoms with Crippen molar-refractivity contribution in [2.45, 2.75) is 19.8 Å². The van der Waals surface area contributed by atoms with Crippen molar-refractivity contribution in [1.82, 2.24) is 15.0 Å². The second-order valence-corrected chi connectivity index (χ2v) is 9.81. The topological polar surface area (TPSA) is 59.9 Å². The Morgan fingerprint density at radius 2 is 1.74 bits per heavy atom. The standard InChI is InChI=1S/C28H25ClN4OS/c1-18-23(24-21(29)11-6-12-22(24)34-2)25-26(35-18)28(31-15-7-10-19-8-4-3-5-9-19)33-27(32-25)20-13-16-30-17-14-20/h3-6,8-9,11-14,16-17H,7,10,15H2,1-2H3,(H,31,32,33). The summed E-state index contributed by atoms with van der Waals surface area (Å²) in [7, 11) is 1.66. The van der Waals surface area contributed by atoms with Crippen molar-refractivity contribution in [1.29, 1.82) is 0 Å². The number of thiophene rings is 1. The third kappa shape index (κ3) is 4.85. The number of ether oxygens (including phenoxy) is 1. The minimum absolute atomic E-state index is 0.633. The molecule has 0 saturated carbocycles. The van der Waals surface area contributed by atoms with Crippen LogP contribution in [0.2, 0.25) is 5.02 Å². The molecule has 35 heavy (non-hydrogen) atoms. The SMILES string of the molecule is COc1cccc(Cl)c1-c1c(C)sc2c(NCCCc3ccccc3)nc(-c3ccncc3)nc12. The van der Waals surface area contributed by atoms with E-state index in [9.17, 15) is 0 Å². The van der Waals surface area contributed by atoms with Crippen LogP contribution < -0.4 is 10.1 Å². The first kappa shape index (κ1) is 23.3. The summed E-state index contributed by atoms with van der Waals surface area (Å²) in [5.74, 6) is 2.21. The van der Waals surface area contributed by atoms with Crippen LogP contribution in [-0.4, -0.2) is 28.6 Å². The number of aryl methyl sites for hydroxylation is 2. The molecule has 7 heteroatoms. The van der Waals surface area contributed by atoms with E-state index in [1.54, 1.807) is 30.8 Å². The first-order valence-corrected chi connectivity index (χ1v) is 12.7. The molecular formula is C28H25ClN4OS. The lowest BCUT2D eigenvalue weighted by atomic mass is 10.0. The summed E-state index contributed by atoms with van der Waals surface area (Å²) in [5, 5.41) is 4.22. The molecule has 0 saturated heterocycles. The van der Waals surface area contributed by atoms with Crippen LogP contribution in [0.1, 0.15) is 16.9 Å². The smallest absolute Gasteiger partial charge is 0.162 e. The summed E-state index contributed by atoms with van der Waals surface area (Å²) in [6, 6.07) is 20.1. The van der Waals surface area contributed by atoms with Gasteiger partial charge >= 0.3 is 0 Å². The van der Waals surface area contributed by atoms with Crippen LogP contribution in [0.15, 0.2) is 73.1 Å². The number of fused-ring (bicyclic) bond motifs is 1. The number of rotatable bonds is 8. The van der Waals surface area contributed by atoms with E-state index in [2.05, 4.69) is 41.5 Å². The van der Waals surface area contributed by atoms with Crippen LogP contribution in [0.25, 0.3) is 32.7 Å². The number of benzene rings is 2. The van der Waals surface area contributed by atoms with Crippen molar-refractivity contribution in [3.8, 4) is 28.3 Å². The van der Waals surface area contributed by atoms with E-state index in [0.717, 1.165) is 62.7 Å².